The maximum atomic E-state index is 11.5. The van der Waals surface area contributed by atoms with E-state index in [1.54, 1.807) is 27.7 Å². The largest absolute Gasteiger partial charge is 0.461 e. The van der Waals surface area contributed by atoms with E-state index in [1.807, 2.05) is 0 Å². The van der Waals surface area contributed by atoms with Gasteiger partial charge in [-0.2, -0.15) is 4.40 Å². The summed E-state index contributed by atoms with van der Waals surface area (Å²) >= 11 is 0. The normalized spacial score (nSPS) is 15.1. The quantitative estimate of drug-likeness (QED) is 0.533. The van der Waals surface area contributed by atoms with Crippen molar-refractivity contribution in [3.05, 3.63) is 0 Å². The van der Waals surface area contributed by atoms with E-state index in [2.05, 4.69) is 4.40 Å². The van der Waals surface area contributed by atoms with E-state index < -0.39 is 21.7 Å². The van der Waals surface area contributed by atoms with Crippen LogP contribution in [-0.2, 0) is 20.5 Å². The van der Waals surface area contributed by atoms with Gasteiger partial charge < -0.3 is 4.74 Å². The van der Waals surface area contributed by atoms with E-state index in [4.69, 9.17) is 4.74 Å². The SMILES string of the molecule is CCOC(=O)C(C)=N[S@](=O)C(C)(C)C. The standard InChI is InChI=1S/C9H17NO3S/c1-6-13-8(11)7(2)10-14(12)9(3,4)5/h6H2,1-5H3/t14-/m1/s1. The van der Waals surface area contributed by atoms with E-state index in [9.17, 15) is 9.00 Å². The average Bonchev–Trinajstić information content (AvgIpc) is 2.02. The second-order valence-corrected chi connectivity index (χ2v) is 5.66. The zero-order valence-corrected chi connectivity index (χ0v) is 10.1. The highest BCUT2D eigenvalue weighted by molar-refractivity contribution is 7.85. The molecule has 0 fully saturated rings. The third-order valence-corrected chi connectivity index (χ3v) is 2.80. The van der Waals surface area contributed by atoms with Crippen LogP contribution in [0.2, 0.25) is 0 Å². The number of ether oxygens (including phenoxy) is 1. The van der Waals surface area contributed by atoms with Crippen molar-refractivity contribution in [3.8, 4) is 0 Å². The second kappa shape index (κ2) is 5.24. The zero-order chi connectivity index (χ0) is 11.4. The highest BCUT2D eigenvalue weighted by Crippen LogP contribution is 2.12. The van der Waals surface area contributed by atoms with Crippen molar-refractivity contribution >= 4 is 22.7 Å². The predicted octanol–water partition coefficient (Wildman–Crippen LogP) is 1.47. The Morgan fingerprint density at radius 1 is 1.43 bits per heavy atom. The molecule has 0 aliphatic rings. The van der Waals surface area contributed by atoms with Crippen molar-refractivity contribution < 1.29 is 13.7 Å². The Morgan fingerprint density at radius 3 is 2.29 bits per heavy atom. The summed E-state index contributed by atoms with van der Waals surface area (Å²) in [6.07, 6.45) is 0. The van der Waals surface area contributed by atoms with Gasteiger partial charge in [0.05, 0.1) is 11.4 Å². The lowest BCUT2D eigenvalue weighted by molar-refractivity contribution is -0.135. The van der Waals surface area contributed by atoms with Crippen LogP contribution in [0.25, 0.3) is 0 Å². The van der Waals surface area contributed by atoms with Crippen molar-refractivity contribution in [2.24, 2.45) is 4.40 Å². The molecule has 0 N–H and O–H groups in total. The van der Waals surface area contributed by atoms with Gasteiger partial charge in [-0.25, -0.2) is 9.00 Å². The molecule has 0 aromatic carbocycles. The fourth-order valence-corrected chi connectivity index (χ4v) is 1.13. The van der Waals surface area contributed by atoms with Crippen molar-refractivity contribution in [1.29, 1.82) is 0 Å². The maximum Gasteiger partial charge on any atom is 0.353 e. The van der Waals surface area contributed by atoms with Crippen LogP contribution < -0.4 is 0 Å². The number of hydrogen-bond acceptors (Lipinski definition) is 3. The van der Waals surface area contributed by atoms with Gasteiger partial charge in [0, 0.05) is 0 Å². The lowest BCUT2D eigenvalue weighted by Gasteiger charge is -2.13. The summed E-state index contributed by atoms with van der Waals surface area (Å²) in [7, 11) is -1.40. The molecule has 0 bridgehead atoms. The fourth-order valence-electron chi connectivity index (χ4n) is 0.534. The third-order valence-electron chi connectivity index (χ3n) is 1.31. The van der Waals surface area contributed by atoms with Crippen LogP contribution in [0.4, 0.5) is 0 Å². The number of hydrogen-bond donors (Lipinski definition) is 0. The fraction of sp³-hybridized carbons (Fsp3) is 0.778. The van der Waals surface area contributed by atoms with Gasteiger partial charge in [-0.1, -0.05) is 0 Å². The van der Waals surface area contributed by atoms with Gasteiger partial charge >= 0.3 is 5.97 Å². The zero-order valence-electron chi connectivity index (χ0n) is 9.29. The topological polar surface area (TPSA) is 55.7 Å². The summed E-state index contributed by atoms with van der Waals surface area (Å²) in [5, 5.41) is 0. The predicted molar refractivity (Wildman–Crippen MR) is 57.6 cm³/mol. The van der Waals surface area contributed by atoms with Gasteiger partial charge in [0.2, 0.25) is 0 Å². The van der Waals surface area contributed by atoms with Crippen LogP contribution in [0.3, 0.4) is 0 Å². The van der Waals surface area contributed by atoms with Crippen LogP contribution in [-0.4, -0.2) is 27.2 Å². The monoisotopic (exact) mass is 219 g/mol. The van der Waals surface area contributed by atoms with Crippen molar-refractivity contribution in [2.45, 2.75) is 39.4 Å². The molecule has 0 aliphatic heterocycles. The van der Waals surface area contributed by atoms with E-state index in [-0.39, 0.29) is 5.71 Å². The Morgan fingerprint density at radius 2 is 1.93 bits per heavy atom. The molecule has 14 heavy (non-hydrogen) atoms. The van der Waals surface area contributed by atoms with Gasteiger partial charge in [-0.15, -0.1) is 0 Å². The molecule has 5 heteroatoms. The van der Waals surface area contributed by atoms with Crippen LogP contribution in [0.1, 0.15) is 34.6 Å². The first kappa shape index (κ1) is 13.3. The molecule has 0 unspecified atom stereocenters. The minimum absolute atomic E-state index is 0.153. The summed E-state index contributed by atoms with van der Waals surface area (Å²) in [5.41, 5.74) is 0.153. The lowest BCUT2D eigenvalue weighted by Crippen LogP contribution is -2.23. The van der Waals surface area contributed by atoms with Crippen LogP contribution in [0.5, 0.6) is 0 Å². The molecular weight excluding hydrogens is 202 g/mol. The van der Waals surface area contributed by atoms with Gasteiger partial charge in [-0.05, 0) is 34.6 Å². The van der Waals surface area contributed by atoms with E-state index >= 15 is 0 Å². The maximum absolute atomic E-state index is 11.5. The van der Waals surface area contributed by atoms with Gasteiger partial charge in [-0.3, -0.25) is 0 Å². The van der Waals surface area contributed by atoms with Gasteiger partial charge in [0.15, 0.2) is 0 Å². The highest BCUT2D eigenvalue weighted by Gasteiger charge is 2.20. The molecule has 0 aromatic heterocycles. The van der Waals surface area contributed by atoms with Gasteiger partial charge in [0.25, 0.3) is 0 Å². The molecule has 0 aromatic rings. The number of carbonyl (C=O) groups is 1. The molecular formula is C9H17NO3S. The first-order chi connectivity index (χ1) is 6.29. The highest BCUT2D eigenvalue weighted by atomic mass is 32.2. The minimum Gasteiger partial charge on any atom is -0.461 e. The summed E-state index contributed by atoms with van der Waals surface area (Å²) in [6, 6.07) is 0. The number of nitrogens with zero attached hydrogens (tertiary/aromatic N) is 1. The summed E-state index contributed by atoms with van der Waals surface area (Å²) in [5.74, 6) is -0.509. The molecule has 0 heterocycles. The molecule has 0 spiro atoms. The third kappa shape index (κ3) is 4.50. The number of rotatable bonds is 3. The molecule has 0 rings (SSSR count). The molecule has 0 saturated carbocycles. The molecule has 0 amide bonds. The van der Waals surface area contributed by atoms with E-state index in [1.165, 1.54) is 6.92 Å². The lowest BCUT2D eigenvalue weighted by atomic mass is 10.3. The van der Waals surface area contributed by atoms with Crippen molar-refractivity contribution in [3.63, 3.8) is 0 Å². The average molecular weight is 219 g/mol. The first-order valence-corrected chi connectivity index (χ1v) is 5.54. The van der Waals surface area contributed by atoms with Gasteiger partial charge in [0.1, 0.15) is 16.7 Å². The first-order valence-electron chi connectivity index (χ1n) is 4.43. The Kier molecular flexibility index (Phi) is 4.97. The van der Waals surface area contributed by atoms with Crippen LogP contribution >= 0.6 is 0 Å². The molecule has 4 nitrogen and oxygen atoms in total. The second-order valence-electron chi connectivity index (χ2n) is 3.76. The Bertz CT molecular complexity index is 266. The number of esters is 1. The molecule has 82 valence electrons. The Hall–Kier alpha value is -0.710. The summed E-state index contributed by atoms with van der Waals surface area (Å²) in [6.45, 7) is 8.91. The number of carbonyl (C=O) groups excluding carboxylic acids is 1. The summed E-state index contributed by atoms with van der Waals surface area (Å²) in [4.78, 5) is 11.1. The minimum atomic E-state index is -1.40. The Balaban J connectivity index is 4.53. The smallest absolute Gasteiger partial charge is 0.353 e. The molecule has 0 radical (unpaired) electrons. The van der Waals surface area contributed by atoms with Crippen LogP contribution in [0.15, 0.2) is 4.40 Å². The molecule has 0 aliphatic carbocycles. The molecule has 1 atom stereocenters. The van der Waals surface area contributed by atoms with Crippen molar-refractivity contribution in [2.75, 3.05) is 6.61 Å². The summed E-state index contributed by atoms with van der Waals surface area (Å²) < 4.78 is 19.5. The van der Waals surface area contributed by atoms with Crippen molar-refractivity contribution in [1.82, 2.24) is 0 Å². The molecule has 0 saturated heterocycles. The van der Waals surface area contributed by atoms with E-state index in [0.717, 1.165) is 0 Å². The van der Waals surface area contributed by atoms with E-state index in [0.29, 0.717) is 6.61 Å². The Labute approximate surface area is 87.3 Å². The van der Waals surface area contributed by atoms with Crippen LogP contribution in [0, 0.1) is 0 Å².